The van der Waals surface area contributed by atoms with Gasteiger partial charge in [0.05, 0.1) is 5.92 Å². The highest BCUT2D eigenvalue weighted by Crippen LogP contribution is 2.29. The molecule has 1 atom stereocenters. The number of hydrogen-bond donors (Lipinski definition) is 1. The standard InChI is InChI=1S/C19H24N2O4/c1-12-9-13(2)11-15(10-12)21-8-5-16(18(21)23)17(22)20-6-3-14(4-7-20)19(24)25/h9-11,14,16H,3-8H2,1-2H3,(H,24,25). The van der Waals surface area contributed by atoms with E-state index in [2.05, 4.69) is 6.07 Å². The first-order chi connectivity index (χ1) is 11.9. The van der Waals surface area contributed by atoms with E-state index in [9.17, 15) is 14.4 Å². The molecular weight excluding hydrogens is 320 g/mol. The van der Waals surface area contributed by atoms with Crippen LogP contribution in [0.3, 0.4) is 0 Å². The number of nitrogens with zero attached hydrogens (tertiary/aromatic N) is 2. The molecule has 2 aliphatic heterocycles. The van der Waals surface area contributed by atoms with Gasteiger partial charge in [-0.15, -0.1) is 0 Å². The van der Waals surface area contributed by atoms with Crippen molar-refractivity contribution in [1.82, 2.24) is 4.90 Å². The largest absolute Gasteiger partial charge is 0.481 e. The lowest BCUT2D eigenvalue weighted by Crippen LogP contribution is -2.45. The van der Waals surface area contributed by atoms with Gasteiger partial charge in [-0.2, -0.15) is 0 Å². The molecule has 2 aliphatic rings. The average molecular weight is 344 g/mol. The number of carboxylic acids is 1. The van der Waals surface area contributed by atoms with E-state index in [1.807, 2.05) is 26.0 Å². The predicted octanol–water partition coefficient (Wildman–Crippen LogP) is 1.98. The molecule has 1 aromatic carbocycles. The van der Waals surface area contributed by atoms with E-state index in [-0.39, 0.29) is 17.7 Å². The summed E-state index contributed by atoms with van der Waals surface area (Å²) in [4.78, 5) is 39.9. The fourth-order valence-electron chi connectivity index (χ4n) is 3.84. The van der Waals surface area contributed by atoms with E-state index in [1.165, 1.54) is 0 Å². The molecule has 6 heteroatoms. The van der Waals surface area contributed by atoms with Gasteiger partial charge < -0.3 is 14.9 Å². The summed E-state index contributed by atoms with van der Waals surface area (Å²) in [6.45, 7) is 5.37. The number of piperidine rings is 1. The monoisotopic (exact) mass is 344 g/mol. The normalized spacial score (nSPS) is 21.7. The summed E-state index contributed by atoms with van der Waals surface area (Å²) >= 11 is 0. The zero-order valence-electron chi connectivity index (χ0n) is 14.7. The summed E-state index contributed by atoms with van der Waals surface area (Å²) < 4.78 is 0. The predicted molar refractivity (Wildman–Crippen MR) is 93.3 cm³/mol. The minimum atomic E-state index is -0.801. The molecule has 2 fully saturated rings. The Morgan fingerprint density at radius 1 is 1.00 bits per heavy atom. The molecule has 25 heavy (non-hydrogen) atoms. The SMILES string of the molecule is Cc1cc(C)cc(N2CCC(C(=O)N3CCC(C(=O)O)CC3)C2=O)c1. The van der Waals surface area contributed by atoms with E-state index < -0.39 is 11.9 Å². The average Bonchev–Trinajstić information content (AvgIpc) is 2.95. The van der Waals surface area contributed by atoms with Crippen molar-refractivity contribution in [1.29, 1.82) is 0 Å². The number of carbonyl (C=O) groups is 3. The first kappa shape index (κ1) is 17.5. The second kappa shape index (κ2) is 6.86. The Bertz CT molecular complexity index is 687. The van der Waals surface area contributed by atoms with Crippen LogP contribution in [0, 0.1) is 25.7 Å². The number of aliphatic carboxylic acids is 1. The van der Waals surface area contributed by atoms with Gasteiger partial charge in [0.2, 0.25) is 11.8 Å². The Hall–Kier alpha value is -2.37. The lowest BCUT2D eigenvalue weighted by molar-refractivity contribution is -0.148. The van der Waals surface area contributed by atoms with Crippen molar-refractivity contribution in [2.75, 3.05) is 24.5 Å². The topological polar surface area (TPSA) is 77.9 Å². The van der Waals surface area contributed by atoms with Crippen LogP contribution in [0.2, 0.25) is 0 Å². The van der Waals surface area contributed by atoms with Crippen molar-refractivity contribution in [3.63, 3.8) is 0 Å². The summed E-state index contributed by atoms with van der Waals surface area (Å²) in [5.74, 6) is -2.11. The van der Waals surface area contributed by atoms with Crippen LogP contribution in [0.15, 0.2) is 18.2 Å². The van der Waals surface area contributed by atoms with E-state index in [0.29, 0.717) is 38.9 Å². The minimum absolute atomic E-state index is 0.143. The molecule has 3 rings (SSSR count). The lowest BCUT2D eigenvalue weighted by atomic mass is 9.95. The number of rotatable bonds is 3. The third kappa shape index (κ3) is 3.52. The van der Waals surface area contributed by atoms with Gasteiger partial charge >= 0.3 is 5.97 Å². The van der Waals surface area contributed by atoms with Crippen molar-refractivity contribution in [2.24, 2.45) is 11.8 Å². The summed E-state index contributed by atoms with van der Waals surface area (Å²) in [7, 11) is 0. The van der Waals surface area contributed by atoms with Crippen LogP contribution in [0.25, 0.3) is 0 Å². The maximum absolute atomic E-state index is 12.8. The Morgan fingerprint density at radius 3 is 2.16 bits per heavy atom. The third-order valence-electron chi connectivity index (χ3n) is 5.18. The molecule has 134 valence electrons. The lowest BCUT2D eigenvalue weighted by Gasteiger charge is -2.31. The zero-order valence-corrected chi connectivity index (χ0v) is 14.7. The van der Waals surface area contributed by atoms with Gasteiger partial charge in [0.25, 0.3) is 0 Å². The summed E-state index contributed by atoms with van der Waals surface area (Å²) in [6.07, 6.45) is 1.44. The summed E-state index contributed by atoms with van der Waals surface area (Å²) in [5.41, 5.74) is 3.03. The van der Waals surface area contributed by atoms with E-state index >= 15 is 0 Å². The van der Waals surface area contributed by atoms with Gasteiger partial charge in [-0.1, -0.05) is 6.07 Å². The van der Waals surface area contributed by atoms with Crippen LogP contribution in [0.4, 0.5) is 5.69 Å². The van der Waals surface area contributed by atoms with Crippen molar-refractivity contribution in [2.45, 2.75) is 33.1 Å². The molecule has 1 unspecified atom stereocenters. The molecule has 0 aromatic heterocycles. The maximum Gasteiger partial charge on any atom is 0.306 e. The second-order valence-corrected chi connectivity index (χ2v) is 7.11. The number of hydrogen-bond acceptors (Lipinski definition) is 3. The molecule has 1 aromatic rings. The van der Waals surface area contributed by atoms with Crippen LogP contribution in [0.5, 0.6) is 0 Å². The van der Waals surface area contributed by atoms with Crippen molar-refractivity contribution < 1.29 is 19.5 Å². The highest BCUT2D eigenvalue weighted by Gasteiger charge is 2.40. The Kier molecular flexibility index (Phi) is 4.79. The second-order valence-electron chi connectivity index (χ2n) is 7.11. The van der Waals surface area contributed by atoms with Crippen LogP contribution in [-0.2, 0) is 14.4 Å². The van der Waals surface area contributed by atoms with Gasteiger partial charge in [-0.05, 0) is 56.4 Å². The molecular formula is C19H24N2O4. The number of benzene rings is 1. The van der Waals surface area contributed by atoms with Crippen LogP contribution in [0.1, 0.15) is 30.4 Å². The number of carboxylic acid groups (broad SMARTS) is 1. The Labute approximate surface area is 147 Å². The minimum Gasteiger partial charge on any atom is -0.481 e. The molecule has 0 bridgehead atoms. The molecule has 6 nitrogen and oxygen atoms in total. The van der Waals surface area contributed by atoms with Gasteiger partial charge in [-0.3, -0.25) is 14.4 Å². The van der Waals surface area contributed by atoms with E-state index in [0.717, 1.165) is 16.8 Å². The molecule has 2 saturated heterocycles. The Balaban J connectivity index is 1.67. The van der Waals surface area contributed by atoms with Gasteiger partial charge in [-0.25, -0.2) is 0 Å². The molecule has 0 saturated carbocycles. The van der Waals surface area contributed by atoms with Gasteiger partial charge in [0.15, 0.2) is 0 Å². The highest BCUT2D eigenvalue weighted by atomic mass is 16.4. The molecule has 0 radical (unpaired) electrons. The van der Waals surface area contributed by atoms with Crippen molar-refractivity contribution in [3.05, 3.63) is 29.3 Å². The fourth-order valence-corrected chi connectivity index (χ4v) is 3.84. The maximum atomic E-state index is 12.8. The number of amides is 2. The van der Waals surface area contributed by atoms with Crippen LogP contribution < -0.4 is 4.90 Å². The fraction of sp³-hybridized carbons (Fsp3) is 0.526. The van der Waals surface area contributed by atoms with Crippen molar-refractivity contribution >= 4 is 23.5 Å². The molecule has 0 aliphatic carbocycles. The highest BCUT2D eigenvalue weighted by molar-refractivity contribution is 6.09. The summed E-state index contributed by atoms with van der Waals surface area (Å²) in [5, 5.41) is 9.06. The van der Waals surface area contributed by atoms with Gasteiger partial charge in [0.1, 0.15) is 5.92 Å². The molecule has 2 heterocycles. The molecule has 2 amide bonds. The summed E-state index contributed by atoms with van der Waals surface area (Å²) in [6, 6.07) is 5.99. The number of likely N-dealkylation sites (tertiary alicyclic amines) is 1. The first-order valence-corrected chi connectivity index (χ1v) is 8.78. The van der Waals surface area contributed by atoms with Crippen LogP contribution >= 0.6 is 0 Å². The van der Waals surface area contributed by atoms with Gasteiger partial charge in [0, 0.05) is 25.3 Å². The Morgan fingerprint density at radius 2 is 1.60 bits per heavy atom. The molecule has 0 spiro atoms. The quantitative estimate of drug-likeness (QED) is 0.851. The third-order valence-corrected chi connectivity index (χ3v) is 5.18. The number of anilines is 1. The molecule has 1 N–H and O–H groups in total. The number of aryl methyl sites for hydroxylation is 2. The van der Waals surface area contributed by atoms with E-state index in [4.69, 9.17) is 5.11 Å². The van der Waals surface area contributed by atoms with Crippen molar-refractivity contribution in [3.8, 4) is 0 Å². The first-order valence-electron chi connectivity index (χ1n) is 8.78. The number of carbonyl (C=O) groups excluding carboxylic acids is 2. The van der Waals surface area contributed by atoms with E-state index in [1.54, 1.807) is 9.80 Å². The van der Waals surface area contributed by atoms with Crippen LogP contribution in [-0.4, -0.2) is 47.4 Å². The smallest absolute Gasteiger partial charge is 0.306 e. The zero-order chi connectivity index (χ0) is 18.1.